The Morgan fingerprint density at radius 2 is 2.00 bits per heavy atom. The molecule has 0 aromatic carbocycles. The molecular weight excluding hydrogens is 276 g/mol. The van der Waals surface area contributed by atoms with Gasteiger partial charge in [0.2, 0.25) is 5.91 Å². The maximum Gasteiger partial charge on any atom is 0.225 e. The summed E-state index contributed by atoms with van der Waals surface area (Å²) < 4.78 is 0. The Morgan fingerprint density at radius 1 is 1.27 bits per heavy atom. The molecule has 1 amide bonds. The molecule has 22 heavy (non-hydrogen) atoms. The van der Waals surface area contributed by atoms with Crippen LogP contribution in [0.5, 0.6) is 0 Å². The molecule has 5 heteroatoms. The number of rotatable bonds is 3. The molecular formula is C17H28N4O. The van der Waals surface area contributed by atoms with Gasteiger partial charge in [0.15, 0.2) is 0 Å². The number of hydrogen-bond acceptors (Lipinski definition) is 3. The molecule has 5 nitrogen and oxygen atoms in total. The largest absolute Gasteiger partial charge is 0.342 e. The highest BCUT2D eigenvalue weighted by Gasteiger charge is 2.34. The van der Waals surface area contributed by atoms with E-state index in [0.29, 0.717) is 17.9 Å². The number of likely N-dealkylation sites (tertiary alicyclic amines) is 2. The summed E-state index contributed by atoms with van der Waals surface area (Å²) in [6, 6.07) is 0.593. The first kappa shape index (κ1) is 15.5. The highest BCUT2D eigenvalue weighted by molar-refractivity contribution is 5.79. The molecule has 1 aromatic heterocycles. The van der Waals surface area contributed by atoms with E-state index in [-0.39, 0.29) is 5.92 Å². The Hall–Kier alpha value is -1.36. The van der Waals surface area contributed by atoms with Crippen LogP contribution in [0.1, 0.15) is 50.3 Å². The SMILES string of the molecule is Cc1cn[nH]c1C1CCN(C(=O)C2CCN(C(C)C)CC2)C1. The number of carbonyl (C=O) groups is 1. The van der Waals surface area contributed by atoms with E-state index in [1.165, 1.54) is 11.3 Å². The van der Waals surface area contributed by atoms with Crippen molar-refractivity contribution in [3.63, 3.8) is 0 Å². The summed E-state index contributed by atoms with van der Waals surface area (Å²) in [6.07, 6.45) is 4.96. The number of aryl methyl sites for hydroxylation is 1. The number of carbonyl (C=O) groups excluding carboxylic acids is 1. The van der Waals surface area contributed by atoms with Gasteiger partial charge in [0.05, 0.1) is 6.20 Å². The first-order valence-corrected chi connectivity index (χ1v) is 8.59. The zero-order chi connectivity index (χ0) is 15.7. The van der Waals surface area contributed by atoms with Gasteiger partial charge in [-0.1, -0.05) is 0 Å². The zero-order valence-electron chi connectivity index (χ0n) is 14.0. The van der Waals surface area contributed by atoms with Gasteiger partial charge in [-0.3, -0.25) is 9.89 Å². The molecule has 1 atom stereocenters. The molecule has 2 aliphatic heterocycles. The maximum atomic E-state index is 12.8. The van der Waals surface area contributed by atoms with Crippen LogP contribution < -0.4 is 0 Å². The summed E-state index contributed by atoms with van der Waals surface area (Å²) in [5.41, 5.74) is 2.43. The first-order chi connectivity index (χ1) is 10.6. The second kappa shape index (κ2) is 6.41. The Bertz CT molecular complexity index is 516. The minimum atomic E-state index is 0.233. The summed E-state index contributed by atoms with van der Waals surface area (Å²) in [4.78, 5) is 17.3. The molecule has 0 bridgehead atoms. The lowest BCUT2D eigenvalue weighted by Crippen LogP contribution is -2.43. The van der Waals surface area contributed by atoms with Gasteiger partial charge in [0.25, 0.3) is 0 Å². The second-order valence-electron chi connectivity index (χ2n) is 7.14. The van der Waals surface area contributed by atoms with E-state index in [4.69, 9.17) is 0 Å². The van der Waals surface area contributed by atoms with Crippen LogP contribution >= 0.6 is 0 Å². The van der Waals surface area contributed by atoms with E-state index in [1.54, 1.807) is 0 Å². The van der Waals surface area contributed by atoms with E-state index >= 15 is 0 Å². The molecule has 0 aliphatic carbocycles. The van der Waals surface area contributed by atoms with E-state index in [1.807, 2.05) is 6.20 Å². The van der Waals surface area contributed by atoms with Gasteiger partial charge in [-0.2, -0.15) is 5.10 Å². The van der Waals surface area contributed by atoms with Crippen LogP contribution in [0.15, 0.2) is 6.20 Å². The highest BCUT2D eigenvalue weighted by atomic mass is 16.2. The van der Waals surface area contributed by atoms with Crippen molar-refractivity contribution in [3.05, 3.63) is 17.5 Å². The van der Waals surface area contributed by atoms with Crippen LogP contribution in [0.3, 0.4) is 0 Å². The monoisotopic (exact) mass is 304 g/mol. The number of amides is 1. The molecule has 0 radical (unpaired) electrons. The van der Waals surface area contributed by atoms with E-state index in [2.05, 4.69) is 40.8 Å². The first-order valence-electron chi connectivity index (χ1n) is 8.59. The highest BCUT2D eigenvalue weighted by Crippen LogP contribution is 2.30. The molecule has 2 aliphatic rings. The van der Waals surface area contributed by atoms with Crippen LogP contribution in [0, 0.1) is 12.8 Å². The van der Waals surface area contributed by atoms with Crippen molar-refractivity contribution in [1.29, 1.82) is 0 Å². The average Bonchev–Trinajstić information content (AvgIpc) is 3.15. The number of H-pyrrole nitrogens is 1. The summed E-state index contributed by atoms with van der Waals surface area (Å²) in [7, 11) is 0. The lowest BCUT2D eigenvalue weighted by molar-refractivity contribution is -0.136. The van der Waals surface area contributed by atoms with Crippen molar-refractivity contribution in [3.8, 4) is 0 Å². The average molecular weight is 304 g/mol. The smallest absolute Gasteiger partial charge is 0.225 e. The molecule has 1 N–H and O–H groups in total. The normalized spacial score (nSPS) is 24.4. The molecule has 2 fully saturated rings. The summed E-state index contributed by atoms with van der Waals surface area (Å²) in [5.74, 6) is 1.04. The minimum Gasteiger partial charge on any atom is -0.342 e. The maximum absolute atomic E-state index is 12.8. The van der Waals surface area contributed by atoms with Crippen LogP contribution in [-0.4, -0.2) is 58.1 Å². The van der Waals surface area contributed by atoms with Crippen molar-refractivity contribution >= 4 is 5.91 Å². The van der Waals surface area contributed by atoms with Gasteiger partial charge in [-0.25, -0.2) is 0 Å². The van der Waals surface area contributed by atoms with Crippen LogP contribution in [0.2, 0.25) is 0 Å². The van der Waals surface area contributed by atoms with Gasteiger partial charge in [-0.05, 0) is 58.7 Å². The van der Waals surface area contributed by atoms with Crippen molar-refractivity contribution in [2.45, 2.75) is 52.0 Å². The molecule has 1 unspecified atom stereocenters. The number of aromatic nitrogens is 2. The fraction of sp³-hybridized carbons (Fsp3) is 0.765. The number of nitrogens with zero attached hydrogens (tertiary/aromatic N) is 3. The predicted molar refractivity (Wildman–Crippen MR) is 86.7 cm³/mol. The van der Waals surface area contributed by atoms with E-state index in [0.717, 1.165) is 45.4 Å². The number of aromatic amines is 1. The summed E-state index contributed by atoms with van der Waals surface area (Å²) in [5, 5.41) is 7.23. The third-order valence-corrected chi connectivity index (χ3v) is 5.39. The minimum absolute atomic E-state index is 0.233. The zero-order valence-corrected chi connectivity index (χ0v) is 14.0. The number of piperidine rings is 1. The number of hydrogen-bond donors (Lipinski definition) is 1. The second-order valence-corrected chi connectivity index (χ2v) is 7.14. The Kier molecular flexibility index (Phi) is 4.52. The Morgan fingerprint density at radius 3 is 2.59 bits per heavy atom. The summed E-state index contributed by atoms with van der Waals surface area (Å²) in [6.45, 7) is 10.4. The third-order valence-electron chi connectivity index (χ3n) is 5.39. The Labute approximate surface area is 133 Å². The van der Waals surface area contributed by atoms with Crippen molar-refractivity contribution < 1.29 is 4.79 Å². The topological polar surface area (TPSA) is 52.2 Å². The molecule has 1 aromatic rings. The van der Waals surface area contributed by atoms with Crippen molar-refractivity contribution in [2.24, 2.45) is 5.92 Å². The van der Waals surface area contributed by atoms with Crippen LogP contribution in [0.4, 0.5) is 0 Å². The number of nitrogens with one attached hydrogen (secondary N) is 1. The van der Waals surface area contributed by atoms with Gasteiger partial charge >= 0.3 is 0 Å². The molecule has 0 spiro atoms. The summed E-state index contributed by atoms with van der Waals surface area (Å²) >= 11 is 0. The molecule has 3 heterocycles. The van der Waals surface area contributed by atoms with Crippen LogP contribution in [0.25, 0.3) is 0 Å². The van der Waals surface area contributed by atoms with Crippen molar-refractivity contribution in [2.75, 3.05) is 26.2 Å². The van der Waals surface area contributed by atoms with Gasteiger partial charge < -0.3 is 9.80 Å². The fourth-order valence-corrected chi connectivity index (χ4v) is 3.89. The standard InChI is InChI=1S/C17H28N4O/c1-12(2)20-7-4-14(5-8-20)17(22)21-9-6-15(11-21)16-13(3)10-18-19-16/h10,12,14-15H,4-9,11H2,1-3H3,(H,18,19). The lowest BCUT2D eigenvalue weighted by atomic mass is 9.94. The quantitative estimate of drug-likeness (QED) is 0.931. The van der Waals surface area contributed by atoms with E-state index < -0.39 is 0 Å². The molecule has 2 saturated heterocycles. The predicted octanol–water partition coefficient (Wildman–Crippen LogP) is 2.15. The molecule has 122 valence electrons. The third kappa shape index (κ3) is 3.05. The van der Waals surface area contributed by atoms with Gasteiger partial charge in [-0.15, -0.1) is 0 Å². The molecule has 3 rings (SSSR count). The van der Waals surface area contributed by atoms with E-state index in [9.17, 15) is 4.79 Å². The van der Waals surface area contributed by atoms with Crippen LogP contribution in [-0.2, 0) is 4.79 Å². The lowest BCUT2D eigenvalue weighted by Gasteiger charge is -2.35. The fourth-order valence-electron chi connectivity index (χ4n) is 3.89. The Balaban J connectivity index is 1.55. The molecule has 0 saturated carbocycles. The van der Waals surface area contributed by atoms with Gasteiger partial charge in [0, 0.05) is 36.7 Å². The van der Waals surface area contributed by atoms with Crippen molar-refractivity contribution in [1.82, 2.24) is 20.0 Å². The van der Waals surface area contributed by atoms with Gasteiger partial charge in [0.1, 0.15) is 0 Å².